The molecule has 0 saturated carbocycles. The first-order valence-corrected chi connectivity index (χ1v) is 6.32. The number of hydrogen-bond acceptors (Lipinski definition) is 3. The summed E-state index contributed by atoms with van der Waals surface area (Å²) in [5, 5.41) is 8.11. The predicted molar refractivity (Wildman–Crippen MR) is 72.1 cm³/mol. The molecule has 1 aliphatic rings. The van der Waals surface area contributed by atoms with Gasteiger partial charge in [0.25, 0.3) is 0 Å². The molecular formula is C14H17N3O. The highest BCUT2D eigenvalue weighted by molar-refractivity contribution is 5.75. The Labute approximate surface area is 107 Å². The highest BCUT2D eigenvalue weighted by atomic mass is 16.5. The van der Waals surface area contributed by atoms with Crippen LogP contribution in [0.4, 0.5) is 5.82 Å². The van der Waals surface area contributed by atoms with Crippen LogP contribution in [0.2, 0.25) is 0 Å². The number of nitrogens with one attached hydrogen (secondary N) is 1. The largest absolute Gasteiger partial charge is 0.496 e. The number of para-hydroxylation sites is 1. The fraction of sp³-hybridized carbons (Fsp3) is 0.357. The van der Waals surface area contributed by atoms with Gasteiger partial charge in [0.05, 0.1) is 7.11 Å². The molecule has 3 rings (SSSR count). The number of rotatable bonds is 3. The van der Waals surface area contributed by atoms with Gasteiger partial charge in [0.15, 0.2) is 0 Å². The molecule has 0 aliphatic carbocycles. The highest BCUT2D eigenvalue weighted by Gasteiger charge is 2.23. The SMILES string of the molecule is CCn1nc(-c2ccccc2OC)c2c1NCC2. The van der Waals surface area contributed by atoms with Crippen LogP contribution in [-0.4, -0.2) is 23.4 Å². The van der Waals surface area contributed by atoms with Gasteiger partial charge in [-0.2, -0.15) is 5.10 Å². The van der Waals surface area contributed by atoms with Crippen LogP contribution in [0.1, 0.15) is 12.5 Å². The number of aryl methyl sites for hydroxylation is 1. The van der Waals surface area contributed by atoms with Crippen LogP contribution in [-0.2, 0) is 13.0 Å². The second-order valence-corrected chi connectivity index (χ2v) is 4.37. The zero-order valence-electron chi connectivity index (χ0n) is 10.7. The summed E-state index contributed by atoms with van der Waals surface area (Å²) in [7, 11) is 1.70. The van der Waals surface area contributed by atoms with Crippen molar-refractivity contribution in [2.75, 3.05) is 19.0 Å². The molecule has 0 unspecified atom stereocenters. The summed E-state index contributed by atoms with van der Waals surface area (Å²) in [6.45, 7) is 3.99. The van der Waals surface area contributed by atoms with Gasteiger partial charge in [-0.3, -0.25) is 0 Å². The van der Waals surface area contributed by atoms with Crippen LogP contribution >= 0.6 is 0 Å². The van der Waals surface area contributed by atoms with E-state index in [4.69, 9.17) is 9.84 Å². The van der Waals surface area contributed by atoms with Crippen LogP contribution in [0, 0.1) is 0 Å². The fourth-order valence-corrected chi connectivity index (χ4v) is 2.53. The van der Waals surface area contributed by atoms with Crippen LogP contribution < -0.4 is 10.1 Å². The average Bonchev–Trinajstić information content (AvgIpc) is 3.00. The molecule has 2 heterocycles. The molecule has 1 N–H and O–H groups in total. The molecule has 0 spiro atoms. The van der Waals surface area contributed by atoms with Crippen molar-refractivity contribution in [3.8, 4) is 17.0 Å². The van der Waals surface area contributed by atoms with Gasteiger partial charge in [0.1, 0.15) is 17.3 Å². The number of benzene rings is 1. The predicted octanol–water partition coefficient (Wildman–Crippen LogP) is 2.55. The van der Waals surface area contributed by atoms with Gasteiger partial charge in [-0.25, -0.2) is 4.68 Å². The number of nitrogens with zero attached hydrogens (tertiary/aromatic N) is 2. The Hall–Kier alpha value is -1.97. The first-order chi connectivity index (χ1) is 8.85. The summed E-state index contributed by atoms with van der Waals surface area (Å²) < 4.78 is 7.46. The molecule has 4 nitrogen and oxygen atoms in total. The molecule has 0 fully saturated rings. The summed E-state index contributed by atoms with van der Waals surface area (Å²) in [6.07, 6.45) is 1.03. The molecule has 0 amide bonds. The monoisotopic (exact) mass is 243 g/mol. The van der Waals surface area contributed by atoms with Gasteiger partial charge in [-0.15, -0.1) is 0 Å². The van der Waals surface area contributed by atoms with Crippen molar-refractivity contribution in [1.29, 1.82) is 0 Å². The fourth-order valence-electron chi connectivity index (χ4n) is 2.53. The average molecular weight is 243 g/mol. The number of hydrogen-bond donors (Lipinski definition) is 1. The van der Waals surface area contributed by atoms with Gasteiger partial charge < -0.3 is 10.1 Å². The lowest BCUT2D eigenvalue weighted by Gasteiger charge is -2.06. The first kappa shape index (κ1) is 11.1. The Morgan fingerprint density at radius 1 is 1.39 bits per heavy atom. The smallest absolute Gasteiger partial charge is 0.128 e. The summed E-state index contributed by atoms with van der Waals surface area (Å²) in [4.78, 5) is 0. The molecule has 1 aliphatic heterocycles. The van der Waals surface area contributed by atoms with E-state index in [0.29, 0.717) is 0 Å². The first-order valence-electron chi connectivity index (χ1n) is 6.32. The van der Waals surface area contributed by atoms with Gasteiger partial charge in [0.2, 0.25) is 0 Å². The van der Waals surface area contributed by atoms with E-state index in [9.17, 15) is 0 Å². The maximum Gasteiger partial charge on any atom is 0.128 e. The molecule has 0 bridgehead atoms. The molecule has 18 heavy (non-hydrogen) atoms. The normalized spacial score (nSPS) is 13.2. The lowest BCUT2D eigenvalue weighted by molar-refractivity contribution is 0.416. The minimum Gasteiger partial charge on any atom is -0.496 e. The summed E-state index contributed by atoms with van der Waals surface area (Å²) >= 11 is 0. The molecule has 0 saturated heterocycles. The lowest BCUT2D eigenvalue weighted by atomic mass is 10.1. The minimum atomic E-state index is 0.879. The van der Waals surface area contributed by atoms with Crippen molar-refractivity contribution in [1.82, 2.24) is 9.78 Å². The third kappa shape index (κ3) is 1.56. The van der Waals surface area contributed by atoms with E-state index >= 15 is 0 Å². The quantitative estimate of drug-likeness (QED) is 0.900. The van der Waals surface area contributed by atoms with Crippen molar-refractivity contribution in [2.24, 2.45) is 0 Å². The summed E-state index contributed by atoms with van der Waals surface area (Å²) in [5.41, 5.74) is 3.43. The summed E-state index contributed by atoms with van der Waals surface area (Å²) in [6, 6.07) is 8.06. The number of ether oxygens (including phenoxy) is 1. The van der Waals surface area contributed by atoms with E-state index in [1.807, 2.05) is 22.9 Å². The summed E-state index contributed by atoms with van der Waals surface area (Å²) in [5.74, 6) is 2.05. The van der Waals surface area contributed by atoms with Crippen molar-refractivity contribution in [3.05, 3.63) is 29.8 Å². The van der Waals surface area contributed by atoms with Crippen LogP contribution in [0.25, 0.3) is 11.3 Å². The number of methoxy groups -OCH3 is 1. The third-order valence-electron chi connectivity index (χ3n) is 3.38. The molecule has 1 aromatic carbocycles. The minimum absolute atomic E-state index is 0.879. The maximum atomic E-state index is 5.43. The standard InChI is InChI=1S/C14H17N3O/c1-3-17-14-11(8-9-15-14)13(16-17)10-6-4-5-7-12(10)18-2/h4-7,15H,3,8-9H2,1-2H3. The van der Waals surface area contributed by atoms with E-state index in [1.165, 1.54) is 11.4 Å². The van der Waals surface area contributed by atoms with Crippen LogP contribution in [0.15, 0.2) is 24.3 Å². The molecule has 4 heteroatoms. The zero-order chi connectivity index (χ0) is 12.5. The number of anilines is 1. The highest BCUT2D eigenvalue weighted by Crippen LogP contribution is 2.36. The van der Waals surface area contributed by atoms with Gasteiger partial charge in [-0.1, -0.05) is 12.1 Å². The van der Waals surface area contributed by atoms with Crippen molar-refractivity contribution in [2.45, 2.75) is 19.9 Å². The Morgan fingerprint density at radius 2 is 2.22 bits per heavy atom. The zero-order valence-corrected chi connectivity index (χ0v) is 10.7. The van der Waals surface area contributed by atoms with E-state index in [2.05, 4.69) is 18.3 Å². The third-order valence-corrected chi connectivity index (χ3v) is 3.38. The second kappa shape index (κ2) is 4.37. The van der Waals surface area contributed by atoms with Crippen LogP contribution in [0.5, 0.6) is 5.75 Å². The lowest BCUT2D eigenvalue weighted by Crippen LogP contribution is -2.04. The molecule has 94 valence electrons. The molecule has 2 aromatic rings. The van der Waals surface area contributed by atoms with Crippen LogP contribution in [0.3, 0.4) is 0 Å². The molecule has 0 atom stereocenters. The Morgan fingerprint density at radius 3 is 3.00 bits per heavy atom. The van der Waals surface area contributed by atoms with Gasteiger partial charge in [0, 0.05) is 24.2 Å². The second-order valence-electron chi connectivity index (χ2n) is 4.37. The maximum absolute atomic E-state index is 5.43. The van der Waals surface area contributed by atoms with E-state index in [0.717, 1.165) is 36.5 Å². The van der Waals surface area contributed by atoms with E-state index in [-0.39, 0.29) is 0 Å². The van der Waals surface area contributed by atoms with Gasteiger partial charge >= 0.3 is 0 Å². The Kier molecular flexibility index (Phi) is 2.70. The van der Waals surface area contributed by atoms with Crippen molar-refractivity contribution in [3.63, 3.8) is 0 Å². The molecular weight excluding hydrogens is 226 g/mol. The molecule has 1 aromatic heterocycles. The van der Waals surface area contributed by atoms with Gasteiger partial charge in [-0.05, 0) is 25.5 Å². The van der Waals surface area contributed by atoms with E-state index in [1.54, 1.807) is 7.11 Å². The number of aromatic nitrogens is 2. The Bertz CT molecular complexity index is 574. The molecule has 0 radical (unpaired) electrons. The van der Waals surface area contributed by atoms with Crippen molar-refractivity contribution >= 4 is 5.82 Å². The van der Waals surface area contributed by atoms with E-state index < -0.39 is 0 Å². The topological polar surface area (TPSA) is 39.1 Å². The Balaban J connectivity index is 2.17. The number of fused-ring (bicyclic) bond motifs is 1. The van der Waals surface area contributed by atoms with Crippen molar-refractivity contribution < 1.29 is 4.74 Å².